The van der Waals surface area contributed by atoms with E-state index in [1.54, 1.807) is 6.07 Å². The first-order valence-corrected chi connectivity index (χ1v) is 7.76. The van der Waals surface area contributed by atoms with Crippen molar-refractivity contribution in [1.82, 2.24) is 5.32 Å². The van der Waals surface area contributed by atoms with E-state index in [9.17, 15) is 9.18 Å². The van der Waals surface area contributed by atoms with E-state index < -0.39 is 6.04 Å². The zero-order chi connectivity index (χ0) is 15.6. The van der Waals surface area contributed by atoms with Crippen LogP contribution >= 0.6 is 24.0 Å². The largest absolute Gasteiger partial charge is 0.354 e. The van der Waals surface area contributed by atoms with Crippen LogP contribution in [0.3, 0.4) is 0 Å². The maximum atomic E-state index is 13.1. The van der Waals surface area contributed by atoms with Gasteiger partial charge in [0.2, 0.25) is 5.91 Å². The molecule has 0 aliphatic heterocycles. The van der Waals surface area contributed by atoms with E-state index in [0.29, 0.717) is 11.6 Å². The fourth-order valence-electron chi connectivity index (χ4n) is 2.50. The van der Waals surface area contributed by atoms with Gasteiger partial charge in [-0.2, -0.15) is 0 Å². The predicted molar refractivity (Wildman–Crippen MR) is 90.0 cm³/mol. The first-order chi connectivity index (χ1) is 9.89. The summed E-state index contributed by atoms with van der Waals surface area (Å²) in [6, 6.07) is 3.96. The molecule has 2 unspecified atom stereocenters. The zero-order valence-electron chi connectivity index (χ0n) is 12.9. The molecule has 0 spiro atoms. The smallest absolute Gasteiger partial charge is 0.237 e. The van der Waals surface area contributed by atoms with Gasteiger partial charge in [0.25, 0.3) is 0 Å². The van der Waals surface area contributed by atoms with Gasteiger partial charge in [0.15, 0.2) is 0 Å². The summed E-state index contributed by atoms with van der Waals surface area (Å²) < 4.78 is 13.1. The number of amides is 1. The van der Waals surface area contributed by atoms with Crippen molar-refractivity contribution in [3.05, 3.63) is 34.6 Å². The summed E-state index contributed by atoms with van der Waals surface area (Å²) in [6.45, 7) is 4.48. The molecule has 1 fully saturated rings. The van der Waals surface area contributed by atoms with Crippen LogP contribution in [0.5, 0.6) is 0 Å². The molecule has 1 aliphatic rings. The highest BCUT2D eigenvalue weighted by Gasteiger charge is 2.45. The molecule has 1 aromatic carbocycles. The Labute approximate surface area is 142 Å². The molecule has 1 aromatic rings. The summed E-state index contributed by atoms with van der Waals surface area (Å²) in [5.41, 5.74) is 6.67. The highest BCUT2D eigenvalue weighted by atomic mass is 35.5. The van der Waals surface area contributed by atoms with Crippen molar-refractivity contribution in [2.24, 2.45) is 11.7 Å². The third-order valence-electron chi connectivity index (χ3n) is 4.52. The van der Waals surface area contributed by atoms with Gasteiger partial charge in [0.05, 0.1) is 6.04 Å². The molecule has 3 N–H and O–H groups in total. The summed E-state index contributed by atoms with van der Waals surface area (Å²) in [5, 5.41) is 3.35. The SMILES string of the molecule is CCC(C)C(N)C(=O)NCC1(c2ccc(F)cc2Cl)CC1.Cl. The van der Waals surface area contributed by atoms with Gasteiger partial charge in [-0.3, -0.25) is 4.79 Å². The summed E-state index contributed by atoms with van der Waals surface area (Å²) >= 11 is 6.13. The van der Waals surface area contributed by atoms with E-state index in [-0.39, 0.29) is 35.5 Å². The summed E-state index contributed by atoms with van der Waals surface area (Å²) in [4.78, 5) is 12.1. The number of hydrogen-bond acceptors (Lipinski definition) is 2. The molecule has 0 bridgehead atoms. The Morgan fingerprint density at radius 2 is 2.14 bits per heavy atom. The van der Waals surface area contributed by atoms with Crippen LogP contribution in [0.25, 0.3) is 0 Å². The predicted octanol–water partition coefficient (Wildman–Crippen LogP) is 3.42. The van der Waals surface area contributed by atoms with Gasteiger partial charge in [-0.05, 0) is 36.5 Å². The zero-order valence-corrected chi connectivity index (χ0v) is 14.4. The minimum atomic E-state index is -0.491. The highest BCUT2D eigenvalue weighted by Crippen LogP contribution is 2.50. The summed E-state index contributed by atoms with van der Waals surface area (Å²) in [7, 11) is 0. The normalized spacial score (nSPS) is 18.0. The van der Waals surface area contributed by atoms with Crippen LogP contribution in [-0.4, -0.2) is 18.5 Å². The quantitative estimate of drug-likeness (QED) is 0.827. The lowest BCUT2D eigenvalue weighted by Gasteiger charge is -2.22. The molecule has 0 saturated heterocycles. The van der Waals surface area contributed by atoms with E-state index in [0.717, 1.165) is 24.8 Å². The average Bonchev–Trinajstić information content (AvgIpc) is 3.24. The van der Waals surface area contributed by atoms with Crippen molar-refractivity contribution in [2.75, 3.05) is 6.54 Å². The van der Waals surface area contributed by atoms with Crippen molar-refractivity contribution in [3.8, 4) is 0 Å². The molecule has 1 aliphatic carbocycles. The second-order valence-electron chi connectivity index (χ2n) is 6.03. The van der Waals surface area contributed by atoms with Gasteiger partial charge in [0, 0.05) is 17.0 Å². The Kier molecular flexibility index (Phi) is 6.65. The van der Waals surface area contributed by atoms with Gasteiger partial charge >= 0.3 is 0 Å². The molecule has 0 radical (unpaired) electrons. The molecule has 0 aromatic heterocycles. The molecule has 1 saturated carbocycles. The number of carbonyl (C=O) groups is 1. The minimum Gasteiger partial charge on any atom is -0.354 e. The van der Waals surface area contributed by atoms with Gasteiger partial charge in [-0.25, -0.2) is 4.39 Å². The van der Waals surface area contributed by atoms with Crippen LogP contribution in [0.15, 0.2) is 18.2 Å². The van der Waals surface area contributed by atoms with Crippen LogP contribution in [0.1, 0.15) is 38.7 Å². The van der Waals surface area contributed by atoms with Gasteiger partial charge in [-0.1, -0.05) is 37.9 Å². The van der Waals surface area contributed by atoms with E-state index in [2.05, 4.69) is 5.32 Å². The fourth-order valence-corrected chi connectivity index (χ4v) is 2.87. The van der Waals surface area contributed by atoms with E-state index in [1.165, 1.54) is 12.1 Å². The standard InChI is InChI=1S/C16H22ClFN2O.ClH/c1-3-10(2)14(19)15(21)20-9-16(6-7-16)12-5-4-11(18)8-13(12)17;/h4-5,8,10,14H,3,6-7,9,19H2,1-2H3,(H,20,21);1H. The Morgan fingerprint density at radius 3 is 2.64 bits per heavy atom. The average molecular weight is 349 g/mol. The molecule has 3 nitrogen and oxygen atoms in total. The topological polar surface area (TPSA) is 55.1 Å². The molecule has 124 valence electrons. The third-order valence-corrected chi connectivity index (χ3v) is 4.83. The van der Waals surface area contributed by atoms with Crippen LogP contribution in [0, 0.1) is 11.7 Å². The number of rotatable bonds is 6. The van der Waals surface area contributed by atoms with Crippen LogP contribution in [0.2, 0.25) is 5.02 Å². The van der Waals surface area contributed by atoms with Crippen LogP contribution in [0.4, 0.5) is 4.39 Å². The number of nitrogens with one attached hydrogen (secondary N) is 1. The van der Waals surface area contributed by atoms with Crippen molar-refractivity contribution in [1.29, 1.82) is 0 Å². The number of halogens is 3. The second-order valence-corrected chi connectivity index (χ2v) is 6.44. The lowest BCUT2D eigenvalue weighted by molar-refractivity contribution is -0.123. The maximum absolute atomic E-state index is 13.1. The second kappa shape index (κ2) is 7.62. The molecule has 22 heavy (non-hydrogen) atoms. The third kappa shape index (κ3) is 4.12. The monoisotopic (exact) mass is 348 g/mol. The Balaban J connectivity index is 0.00000242. The molecular formula is C16H23Cl2FN2O. The van der Waals surface area contributed by atoms with Crippen molar-refractivity contribution >= 4 is 29.9 Å². The fraction of sp³-hybridized carbons (Fsp3) is 0.562. The van der Waals surface area contributed by atoms with Crippen LogP contribution in [-0.2, 0) is 10.2 Å². The Morgan fingerprint density at radius 1 is 1.50 bits per heavy atom. The number of nitrogens with two attached hydrogens (primary N) is 1. The molecule has 2 atom stereocenters. The molecule has 2 rings (SSSR count). The lowest BCUT2D eigenvalue weighted by atomic mass is 9.94. The number of carbonyl (C=O) groups excluding carboxylic acids is 1. The molecule has 6 heteroatoms. The van der Waals surface area contributed by atoms with Crippen LogP contribution < -0.4 is 11.1 Å². The van der Waals surface area contributed by atoms with Gasteiger partial charge in [-0.15, -0.1) is 12.4 Å². The van der Waals surface area contributed by atoms with E-state index >= 15 is 0 Å². The van der Waals surface area contributed by atoms with Crippen molar-refractivity contribution < 1.29 is 9.18 Å². The molecule has 1 amide bonds. The van der Waals surface area contributed by atoms with E-state index in [1.807, 2.05) is 13.8 Å². The first-order valence-electron chi connectivity index (χ1n) is 7.38. The Bertz CT molecular complexity index is 535. The maximum Gasteiger partial charge on any atom is 0.237 e. The lowest BCUT2D eigenvalue weighted by Crippen LogP contribution is -2.46. The van der Waals surface area contributed by atoms with E-state index in [4.69, 9.17) is 17.3 Å². The van der Waals surface area contributed by atoms with Crippen molar-refractivity contribution in [3.63, 3.8) is 0 Å². The summed E-state index contributed by atoms with van der Waals surface area (Å²) in [5.74, 6) is -0.328. The number of hydrogen-bond donors (Lipinski definition) is 2. The molecular weight excluding hydrogens is 326 g/mol. The van der Waals surface area contributed by atoms with Crippen molar-refractivity contribution in [2.45, 2.75) is 44.6 Å². The van der Waals surface area contributed by atoms with Gasteiger partial charge in [0.1, 0.15) is 5.82 Å². The first kappa shape index (κ1) is 19.2. The Hall–Kier alpha value is -0.840. The number of benzene rings is 1. The molecule has 0 heterocycles. The van der Waals surface area contributed by atoms with Gasteiger partial charge < -0.3 is 11.1 Å². The minimum absolute atomic E-state index is 0. The highest BCUT2D eigenvalue weighted by molar-refractivity contribution is 6.31. The summed E-state index contributed by atoms with van der Waals surface area (Å²) in [6.07, 6.45) is 2.75.